The summed E-state index contributed by atoms with van der Waals surface area (Å²) >= 11 is 0. The van der Waals surface area contributed by atoms with Crippen LogP contribution in [-0.4, -0.2) is 116 Å². The third-order valence-electron chi connectivity index (χ3n) is 25.9. The quantitative estimate of drug-likeness (QED) is 0.0194. The molecule has 134 heavy (non-hydrogen) atoms. The van der Waals surface area contributed by atoms with Crippen LogP contribution in [0, 0.1) is 6.92 Å². The number of aliphatic hydroxyl groups excluding tert-OH is 1. The summed E-state index contributed by atoms with van der Waals surface area (Å²) in [5, 5.41) is 23.9. The number of aromatic amines is 5. The van der Waals surface area contributed by atoms with Gasteiger partial charge < -0.3 is 70.8 Å². The third kappa shape index (κ3) is 25.2. The number of pyridine rings is 5. The van der Waals surface area contributed by atoms with Gasteiger partial charge in [0.1, 0.15) is 17.2 Å². The van der Waals surface area contributed by atoms with E-state index in [2.05, 4.69) is 126 Å². The molecular weight excluding hydrogens is 1690 g/mol. The first kappa shape index (κ1) is 93.5. The number of hydrogen-bond acceptors (Lipinski definition) is 14. The second-order valence-electron chi connectivity index (χ2n) is 36.4. The van der Waals surface area contributed by atoms with Gasteiger partial charge in [-0.25, -0.2) is 0 Å². The maximum atomic E-state index is 12.6. The number of carbonyl (C=O) groups excluding carboxylic acids is 5. The van der Waals surface area contributed by atoms with Gasteiger partial charge in [-0.3, -0.25) is 47.9 Å². The maximum absolute atomic E-state index is 12.6. The van der Waals surface area contributed by atoms with Crippen LogP contribution in [0.2, 0.25) is 0 Å². The summed E-state index contributed by atoms with van der Waals surface area (Å²) in [5.74, 6) is 4.72. The Morgan fingerprint density at radius 2 is 0.575 bits per heavy atom. The Bertz CT molecular complexity index is 6430. The van der Waals surface area contributed by atoms with Crippen molar-refractivity contribution in [2.45, 2.75) is 229 Å². The van der Waals surface area contributed by atoms with Gasteiger partial charge in [0, 0.05) is 159 Å². The predicted octanol–water partition coefficient (Wildman–Crippen LogP) is 16.2. The number of hydrogen-bond donors (Lipinski definition) is 11. The van der Waals surface area contributed by atoms with E-state index >= 15 is 0 Å². The summed E-state index contributed by atoms with van der Waals surface area (Å²) in [6, 6.07) is 59.5. The number of nitrogens with one attached hydrogen (secondary N) is 10. The minimum atomic E-state index is -0.0666. The van der Waals surface area contributed by atoms with Gasteiger partial charge in [0.05, 0.1) is 19.8 Å². The summed E-state index contributed by atoms with van der Waals surface area (Å²) in [4.78, 5) is 136. The molecule has 10 heterocycles. The average molecular weight is 1810 g/mol. The fraction of sp³-hybridized carbons (Fsp3) is 0.364. The second-order valence-corrected chi connectivity index (χ2v) is 36.4. The van der Waals surface area contributed by atoms with Crippen molar-refractivity contribution in [2.75, 3.05) is 26.4 Å². The summed E-state index contributed by atoms with van der Waals surface area (Å²) in [5.41, 5.74) is 20.2. The van der Waals surface area contributed by atoms with Crippen LogP contribution in [0.25, 0.3) is 27.9 Å². The third-order valence-corrected chi connectivity index (χ3v) is 25.9. The SMILES string of the molecule is CCOc1ccc(/C(=C\[C@H]2CCC(=O)N2)c2ccc(C3CC3)c(=O)[nH]2)cc1.CCOc1cccc(/C(=C\[C@H]2CCC(=O)N2)c2ccc(C3CC3)c(=O)[nH]2)c1.CCc1ccc(/C(=C\[C@H]2CCC(=O)N2)c2ccc(C3CC3)c(=O)[nH]2)cc1.Cc1ccc(/C(=C\[C@H]2CCC(=O)N2)c2ccc(C3CC3)c(=O)[nH]2)cc1.O=C1CC[C@H](/C=C(\c2cccc(OCCCO)c2)c2ccc(C3CC3)c(=O)[nH]2)N1. The van der Waals surface area contributed by atoms with E-state index in [4.69, 9.17) is 19.3 Å². The van der Waals surface area contributed by atoms with E-state index in [1.54, 1.807) is 0 Å². The summed E-state index contributed by atoms with van der Waals surface area (Å²) in [6.07, 6.45) is 29.3. The zero-order valence-electron chi connectivity index (χ0n) is 76.6. The molecule has 5 aliphatic carbocycles. The van der Waals surface area contributed by atoms with Crippen LogP contribution in [0.5, 0.6) is 17.2 Å². The van der Waals surface area contributed by atoms with Crippen LogP contribution in [0.4, 0.5) is 0 Å². The van der Waals surface area contributed by atoms with Crippen LogP contribution in [0.3, 0.4) is 0 Å². The topological polar surface area (TPSA) is 358 Å². The Hall–Kier alpha value is -13.7. The molecule has 24 heteroatoms. The first-order valence-corrected chi connectivity index (χ1v) is 47.9. The van der Waals surface area contributed by atoms with Crippen molar-refractivity contribution in [1.29, 1.82) is 0 Å². The number of amides is 5. The molecule has 24 nitrogen and oxygen atoms in total. The highest BCUT2D eigenvalue weighted by atomic mass is 16.5. The number of rotatable bonds is 29. The predicted molar refractivity (Wildman–Crippen MR) is 522 cm³/mol. The highest BCUT2D eigenvalue weighted by molar-refractivity contribution is 5.87. The minimum absolute atomic E-state index is 0.00784. The van der Waals surface area contributed by atoms with Crippen molar-refractivity contribution in [3.8, 4) is 17.2 Å². The Morgan fingerprint density at radius 1 is 0.306 bits per heavy atom. The van der Waals surface area contributed by atoms with E-state index < -0.39 is 0 Å². The van der Waals surface area contributed by atoms with Crippen molar-refractivity contribution in [1.82, 2.24) is 51.5 Å². The van der Waals surface area contributed by atoms with E-state index in [9.17, 15) is 47.9 Å². The maximum Gasteiger partial charge on any atom is 0.251 e. The van der Waals surface area contributed by atoms with Crippen LogP contribution in [-0.2, 0) is 30.4 Å². The van der Waals surface area contributed by atoms with Gasteiger partial charge in [-0.05, 0) is 253 Å². The van der Waals surface area contributed by atoms with Gasteiger partial charge in [0.15, 0.2) is 0 Å². The molecule has 10 fully saturated rings. The van der Waals surface area contributed by atoms with Crippen LogP contribution in [0.15, 0.2) is 236 Å². The molecule has 5 aromatic carbocycles. The largest absolute Gasteiger partial charge is 0.494 e. The first-order chi connectivity index (χ1) is 65.1. The molecule has 694 valence electrons. The van der Waals surface area contributed by atoms with E-state index in [-0.39, 0.29) is 94.1 Å². The fourth-order valence-corrected chi connectivity index (χ4v) is 17.8. The van der Waals surface area contributed by atoms with Crippen molar-refractivity contribution in [3.63, 3.8) is 0 Å². The Balaban J connectivity index is 0.000000122. The van der Waals surface area contributed by atoms with E-state index in [0.717, 1.165) is 226 Å². The van der Waals surface area contributed by atoms with E-state index in [1.165, 1.54) is 11.1 Å². The molecule has 5 saturated heterocycles. The molecule has 0 radical (unpaired) electrons. The molecule has 20 rings (SSSR count). The van der Waals surface area contributed by atoms with Crippen LogP contribution >= 0.6 is 0 Å². The minimum Gasteiger partial charge on any atom is -0.494 e. The molecule has 11 N–H and O–H groups in total. The molecule has 0 bridgehead atoms. The lowest BCUT2D eigenvalue weighted by molar-refractivity contribution is -0.120. The highest BCUT2D eigenvalue weighted by Crippen LogP contribution is 2.43. The number of H-pyrrole nitrogens is 5. The second kappa shape index (κ2) is 43.7. The number of aryl methyl sites for hydroxylation is 2. The Labute approximate surface area is 779 Å². The summed E-state index contributed by atoms with van der Waals surface area (Å²) < 4.78 is 16.9. The van der Waals surface area contributed by atoms with Gasteiger partial charge >= 0.3 is 0 Å². The van der Waals surface area contributed by atoms with E-state index in [0.29, 0.717) is 93.7 Å². The van der Waals surface area contributed by atoms with Crippen LogP contribution in [0.1, 0.15) is 280 Å². The van der Waals surface area contributed by atoms with E-state index in [1.807, 2.05) is 166 Å². The number of benzene rings is 5. The molecule has 5 atom stereocenters. The van der Waals surface area contributed by atoms with Gasteiger partial charge in [-0.15, -0.1) is 0 Å². The van der Waals surface area contributed by atoms with Crippen LogP contribution < -0.4 is 68.6 Å². The standard InChI is InChI=1S/C23H26N2O4.2C22H24N2O3.C22H24N2O2.C21H22N2O2/c26-11-2-12-29-18-4-1-3-16(13-18)20(14-17-7-10-22(27)24-17)21-9-8-19(15-5-6-15)23(28)25-21;1-2-27-17-8-5-15(6-9-17)19(13-16-7-12-21(25)23-16)20-11-10-18(14-3-4-14)22(26)24-20;1-2-27-17-5-3-4-15(12-17)19(13-16-8-11-21(25)23-16)20-10-9-18(14-6-7-14)22(26)24-20;1-2-14-3-5-16(6-4-14)19(13-17-9-12-21(25)23-17)20-11-10-18(15-7-8-15)22(26)24-20;1-13-2-4-15(5-3-13)18(12-16-8-11-20(24)22-16)19-10-9-17(14-6-7-14)21(25)23-19/h1,3-4,8-9,13-15,17,26H,2,5-7,10-12H2,(H,24,27)(H,25,28);5-6,8-11,13-14,16H,2-4,7,12H2,1H3,(H,23,25)(H,24,26);3-5,9-10,12-14,16H,2,6-8,11H2,1H3,(H,23,25)(H,24,26);3-6,10-11,13,15,17H,2,7-9,12H2,1H3,(H,23,25)(H,24,26);2-5,9-10,12,14,16H,6-8,11H2,1H3,(H,22,24)(H,23,25)/b20-14+;3*19-13+;18-12+/t17-;2*16-;17-;16-/m11111/s1. The Kier molecular flexibility index (Phi) is 30.5. The average Bonchev–Trinajstić information content (AvgIpc) is 1.59. The Morgan fingerprint density at radius 3 is 0.828 bits per heavy atom. The molecule has 5 aromatic heterocycles. The molecule has 5 saturated carbocycles. The molecule has 10 aromatic rings. The number of aliphatic hydroxyl groups is 1. The number of aromatic nitrogens is 5. The van der Waals surface area contributed by atoms with Crippen molar-refractivity contribution < 1.29 is 43.3 Å². The monoisotopic (exact) mass is 1800 g/mol. The van der Waals surface area contributed by atoms with Gasteiger partial charge in [-0.1, -0.05) is 158 Å². The lowest BCUT2D eigenvalue weighted by Crippen LogP contribution is -2.23. The highest BCUT2D eigenvalue weighted by Gasteiger charge is 2.33. The molecule has 5 aliphatic heterocycles. The van der Waals surface area contributed by atoms with Gasteiger partial charge in [0.2, 0.25) is 29.5 Å². The molecule has 5 amide bonds. The van der Waals surface area contributed by atoms with Gasteiger partial charge in [-0.2, -0.15) is 0 Å². The molecule has 0 spiro atoms. The van der Waals surface area contributed by atoms with Gasteiger partial charge in [0.25, 0.3) is 27.8 Å². The summed E-state index contributed by atoms with van der Waals surface area (Å²) in [7, 11) is 0. The molecule has 0 unspecified atom stereocenters. The fourth-order valence-electron chi connectivity index (χ4n) is 17.8. The lowest BCUT2D eigenvalue weighted by atomic mass is 9.97. The smallest absolute Gasteiger partial charge is 0.251 e. The first-order valence-electron chi connectivity index (χ1n) is 47.9. The van der Waals surface area contributed by atoms with Crippen molar-refractivity contribution in [2.24, 2.45) is 0 Å². The lowest BCUT2D eigenvalue weighted by Gasteiger charge is -2.14. The molecule has 10 aliphatic rings. The zero-order valence-corrected chi connectivity index (χ0v) is 76.6. The van der Waals surface area contributed by atoms with Crippen molar-refractivity contribution >= 4 is 57.4 Å². The van der Waals surface area contributed by atoms with Crippen molar-refractivity contribution in [3.05, 3.63) is 359 Å². The summed E-state index contributed by atoms with van der Waals surface area (Å²) in [6.45, 7) is 9.82. The normalized spacial score (nSPS) is 19.9. The zero-order chi connectivity index (χ0) is 93.3. The number of carbonyl (C=O) groups is 5. The number of ether oxygens (including phenoxy) is 3. The molecular formula is C110H120N10O14.